The van der Waals surface area contributed by atoms with Crippen LogP contribution in [0.2, 0.25) is 0 Å². The van der Waals surface area contributed by atoms with E-state index in [0.29, 0.717) is 5.92 Å². The second-order valence-electron chi connectivity index (χ2n) is 4.18. The van der Waals surface area contributed by atoms with Crippen LogP contribution in [0.25, 0.3) is 11.3 Å². The monoisotopic (exact) mass is 263 g/mol. The Morgan fingerprint density at radius 1 is 1.39 bits per heavy atom. The Balaban J connectivity index is 2.29. The number of aliphatic hydroxyl groups excluding tert-OH is 1. The average Bonchev–Trinajstić information content (AvgIpc) is 2.88. The molecule has 3 nitrogen and oxygen atoms in total. The molecule has 0 saturated heterocycles. The van der Waals surface area contributed by atoms with Crippen molar-refractivity contribution in [2.45, 2.75) is 19.3 Å². The molecule has 1 heterocycles. The summed E-state index contributed by atoms with van der Waals surface area (Å²) in [5, 5.41) is 12.1. The maximum absolute atomic E-state index is 8.96. The van der Waals surface area contributed by atoms with Gasteiger partial charge in [-0.2, -0.15) is 0 Å². The summed E-state index contributed by atoms with van der Waals surface area (Å²) in [7, 11) is 1.67. The van der Waals surface area contributed by atoms with Gasteiger partial charge >= 0.3 is 0 Å². The molecule has 0 saturated carbocycles. The molecule has 0 fully saturated rings. The number of aliphatic hydroxyl groups is 1. The van der Waals surface area contributed by atoms with Crippen LogP contribution in [-0.2, 0) is 0 Å². The lowest BCUT2D eigenvalue weighted by Crippen LogP contribution is -1.96. The minimum atomic E-state index is 0.199. The molecule has 1 N–H and O–H groups in total. The third kappa shape index (κ3) is 2.71. The van der Waals surface area contributed by atoms with Crippen LogP contribution < -0.4 is 4.74 Å². The van der Waals surface area contributed by atoms with Crippen LogP contribution in [-0.4, -0.2) is 23.8 Å². The Hall–Kier alpha value is -1.39. The third-order valence-corrected chi connectivity index (χ3v) is 3.96. The molecule has 1 unspecified atom stereocenters. The summed E-state index contributed by atoms with van der Waals surface area (Å²) < 4.78 is 5.34. The summed E-state index contributed by atoms with van der Waals surface area (Å²) in [6.07, 6.45) is 0.749. The van der Waals surface area contributed by atoms with Crippen LogP contribution in [0.4, 0.5) is 0 Å². The Morgan fingerprint density at radius 2 is 2.17 bits per heavy atom. The van der Waals surface area contributed by atoms with Crippen molar-refractivity contribution in [3.8, 4) is 17.0 Å². The van der Waals surface area contributed by atoms with Gasteiger partial charge in [-0.3, -0.25) is 0 Å². The van der Waals surface area contributed by atoms with Gasteiger partial charge in [0, 0.05) is 23.5 Å². The molecule has 18 heavy (non-hydrogen) atoms. The van der Waals surface area contributed by atoms with E-state index in [2.05, 4.69) is 11.9 Å². The molecule has 0 radical (unpaired) electrons. The molecule has 0 amide bonds. The number of thiazole rings is 1. The van der Waals surface area contributed by atoms with Gasteiger partial charge in [-0.15, -0.1) is 11.3 Å². The molecule has 1 aromatic carbocycles. The van der Waals surface area contributed by atoms with Crippen LogP contribution in [0, 0.1) is 0 Å². The summed E-state index contributed by atoms with van der Waals surface area (Å²) in [4.78, 5) is 4.64. The van der Waals surface area contributed by atoms with Crippen LogP contribution in [0.1, 0.15) is 24.3 Å². The number of methoxy groups -OCH3 is 1. The smallest absolute Gasteiger partial charge is 0.128 e. The second-order valence-corrected chi connectivity index (χ2v) is 5.07. The van der Waals surface area contributed by atoms with Crippen LogP contribution in [0.5, 0.6) is 5.75 Å². The zero-order valence-corrected chi connectivity index (χ0v) is 11.4. The fraction of sp³-hybridized carbons (Fsp3) is 0.357. The highest BCUT2D eigenvalue weighted by Crippen LogP contribution is 2.32. The predicted molar refractivity (Wildman–Crippen MR) is 74.2 cm³/mol. The van der Waals surface area contributed by atoms with Crippen molar-refractivity contribution in [1.82, 2.24) is 4.98 Å². The molecule has 96 valence electrons. The van der Waals surface area contributed by atoms with E-state index < -0.39 is 0 Å². The molecule has 0 spiro atoms. The zero-order valence-electron chi connectivity index (χ0n) is 10.6. The maximum Gasteiger partial charge on any atom is 0.128 e. The molecule has 0 bridgehead atoms. The molecule has 1 aromatic heterocycles. The number of hydrogen-bond acceptors (Lipinski definition) is 4. The molecule has 4 heteroatoms. The normalized spacial score (nSPS) is 12.4. The topological polar surface area (TPSA) is 42.4 Å². The minimum absolute atomic E-state index is 0.199. The van der Waals surface area contributed by atoms with Crippen LogP contribution >= 0.6 is 11.3 Å². The lowest BCUT2D eigenvalue weighted by molar-refractivity contribution is 0.278. The van der Waals surface area contributed by atoms with Gasteiger partial charge in [-0.1, -0.05) is 19.1 Å². The van der Waals surface area contributed by atoms with Gasteiger partial charge in [0.25, 0.3) is 0 Å². The standard InChI is InChI=1S/C14H17NO2S/c1-10(7-8-16)14-15-12(9-18-14)11-5-3-4-6-13(11)17-2/h3-6,9-10,16H,7-8H2,1-2H3. The van der Waals surface area contributed by atoms with Gasteiger partial charge < -0.3 is 9.84 Å². The average molecular weight is 263 g/mol. The largest absolute Gasteiger partial charge is 0.496 e. The number of para-hydroxylation sites is 1. The Bertz CT molecular complexity index is 510. The van der Waals surface area contributed by atoms with Gasteiger partial charge in [0.2, 0.25) is 0 Å². The summed E-state index contributed by atoms with van der Waals surface area (Å²) in [6, 6.07) is 7.87. The highest BCUT2D eigenvalue weighted by Gasteiger charge is 2.13. The summed E-state index contributed by atoms with van der Waals surface area (Å²) in [6.45, 7) is 2.28. The van der Waals surface area contributed by atoms with E-state index in [1.54, 1.807) is 18.4 Å². The number of aromatic nitrogens is 1. The number of nitrogens with zero attached hydrogens (tertiary/aromatic N) is 1. The first-order valence-corrected chi connectivity index (χ1v) is 6.84. The van der Waals surface area contributed by atoms with E-state index in [0.717, 1.165) is 28.4 Å². The van der Waals surface area contributed by atoms with Crippen LogP contribution in [0.3, 0.4) is 0 Å². The highest BCUT2D eigenvalue weighted by molar-refractivity contribution is 7.10. The van der Waals surface area contributed by atoms with Crippen molar-refractivity contribution < 1.29 is 9.84 Å². The molecule has 2 rings (SSSR count). The first-order chi connectivity index (χ1) is 8.76. The molecule has 2 aromatic rings. The molecule has 0 aliphatic rings. The van der Waals surface area contributed by atoms with E-state index >= 15 is 0 Å². The Labute approximate surface area is 111 Å². The Morgan fingerprint density at radius 3 is 2.89 bits per heavy atom. The third-order valence-electron chi connectivity index (χ3n) is 2.89. The summed E-state index contributed by atoms with van der Waals surface area (Å²) in [5.74, 6) is 1.13. The molecule has 0 aliphatic heterocycles. The molecular formula is C14H17NO2S. The van der Waals surface area contributed by atoms with Gasteiger partial charge in [0.1, 0.15) is 5.75 Å². The maximum atomic E-state index is 8.96. The highest BCUT2D eigenvalue weighted by atomic mass is 32.1. The van der Waals surface area contributed by atoms with Crippen LogP contribution in [0.15, 0.2) is 29.6 Å². The minimum Gasteiger partial charge on any atom is -0.496 e. The van der Waals surface area contributed by atoms with E-state index in [-0.39, 0.29) is 6.61 Å². The quantitative estimate of drug-likeness (QED) is 0.900. The van der Waals surface area contributed by atoms with Gasteiger partial charge in [0.05, 0.1) is 17.8 Å². The summed E-state index contributed by atoms with van der Waals surface area (Å²) >= 11 is 1.63. The SMILES string of the molecule is COc1ccccc1-c1csc(C(C)CCO)n1. The van der Waals surface area contributed by atoms with Crippen molar-refractivity contribution in [3.05, 3.63) is 34.7 Å². The first kappa shape index (κ1) is 13.1. The van der Waals surface area contributed by atoms with Crippen molar-refractivity contribution in [3.63, 3.8) is 0 Å². The second kappa shape index (κ2) is 5.98. The molecule has 1 atom stereocenters. The van der Waals surface area contributed by atoms with E-state index in [1.807, 2.05) is 29.6 Å². The first-order valence-electron chi connectivity index (χ1n) is 5.96. The van der Waals surface area contributed by atoms with Gasteiger partial charge in [0.15, 0.2) is 0 Å². The van der Waals surface area contributed by atoms with Crippen molar-refractivity contribution >= 4 is 11.3 Å². The van der Waals surface area contributed by atoms with E-state index in [1.165, 1.54) is 0 Å². The fourth-order valence-electron chi connectivity index (χ4n) is 1.81. The van der Waals surface area contributed by atoms with E-state index in [4.69, 9.17) is 9.84 Å². The number of benzene rings is 1. The van der Waals surface area contributed by atoms with Gasteiger partial charge in [-0.25, -0.2) is 4.98 Å². The van der Waals surface area contributed by atoms with Crippen molar-refractivity contribution in [2.24, 2.45) is 0 Å². The lowest BCUT2D eigenvalue weighted by atomic mass is 10.1. The lowest BCUT2D eigenvalue weighted by Gasteiger charge is -2.06. The number of hydrogen-bond donors (Lipinski definition) is 1. The number of ether oxygens (including phenoxy) is 1. The molecular weight excluding hydrogens is 246 g/mol. The Kier molecular flexibility index (Phi) is 4.33. The fourth-order valence-corrected chi connectivity index (χ4v) is 2.72. The van der Waals surface area contributed by atoms with Crippen molar-refractivity contribution in [1.29, 1.82) is 0 Å². The summed E-state index contributed by atoms with van der Waals surface area (Å²) in [5.41, 5.74) is 1.95. The predicted octanol–water partition coefficient (Wildman–Crippen LogP) is 3.30. The molecule has 0 aliphatic carbocycles. The van der Waals surface area contributed by atoms with E-state index in [9.17, 15) is 0 Å². The van der Waals surface area contributed by atoms with Crippen molar-refractivity contribution in [2.75, 3.05) is 13.7 Å². The zero-order chi connectivity index (χ0) is 13.0. The number of rotatable bonds is 5. The van der Waals surface area contributed by atoms with Gasteiger partial charge in [-0.05, 0) is 18.6 Å².